The van der Waals surface area contributed by atoms with Gasteiger partial charge in [-0.3, -0.25) is 18.6 Å². The average molecular weight is 788 g/mol. The Balaban J connectivity index is 3.89. The Morgan fingerprint density at radius 2 is 0.963 bits per heavy atom. The lowest BCUT2D eigenvalue weighted by molar-refractivity contribution is -0.147. The number of nitrogens with one attached hydrogen (secondary N) is 1. The summed E-state index contributed by atoms with van der Waals surface area (Å²) in [4.78, 5) is 45.8. The number of amides is 1. The summed E-state index contributed by atoms with van der Waals surface area (Å²) in [5, 5.41) is 21.8. The van der Waals surface area contributed by atoms with E-state index in [1.54, 1.807) is 0 Å². The number of esters is 1. The maximum Gasteiger partial charge on any atom is 0.472 e. The highest BCUT2D eigenvalue weighted by Crippen LogP contribution is 2.43. The highest BCUT2D eigenvalue weighted by Gasteiger charge is 2.28. The molecule has 0 aromatic carbocycles. The van der Waals surface area contributed by atoms with Crippen molar-refractivity contribution in [1.29, 1.82) is 0 Å². The van der Waals surface area contributed by atoms with Crippen LogP contribution in [0.25, 0.3) is 0 Å². The van der Waals surface area contributed by atoms with Crippen molar-refractivity contribution in [2.75, 3.05) is 19.8 Å². The molecule has 0 aliphatic rings. The van der Waals surface area contributed by atoms with Crippen molar-refractivity contribution in [2.24, 2.45) is 0 Å². The normalized spacial score (nSPS) is 14.0. The van der Waals surface area contributed by atoms with E-state index in [2.05, 4.69) is 43.5 Å². The van der Waals surface area contributed by atoms with E-state index in [0.29, 0.717) is 12.8 Å². The summed E-state index contributed by atoms with van der Waals surface area (Å²) in [5.74, 6) is -2.39. The van der Waals surface area contributed by atoms with Crippen LogP contribution in [0.5, 0.6) is 0 Å². The maximum absolute atomic E-state index is 12.2. The Bertz CT molecular complexity index is 1020. The number of carboxylic acids is 1. The van der Waals surface area contributed by atoms with Gasteiger partial charge in [-0.15, -0.1) is 0 Å². The van der Waals surface area contributed by atoms with Gasteiger partial charge in [0.2, 0.25) is 5.91 Å². The first-order valence-corrected chi connectivity index (χ1v) is 22.9. The second-order valence-electron chi connectivity index (χ2n) is 14.5. The van der Waals surface area contributed by atoms with Gasteiger partial charge in [0.15, 0.2) is 6.04 Å². The van der Waals surface area contributed by atoms with Crippen LogP contribution < -0.4 is 5.32 Å². The lowest BCUT2D eigenvalue weighted by Crippen LogP contribution is -2.43. The van der Waals surface area contributed by atoms with Crippen LogP contribution in [0.1, 0.15) is 194 Å². The number of aliphatic hydroxyl groups excluding tert-OH is 1. The van der Waals surface area contributed by atoms with Gasteiger partial charge in [-0.1, -0.05) is 141 Å². The van der Waals surface area contributed by atoms with E-state index in [-0.39, 0.29) is 12.8 Å². The fraction of sp³-hybridized carbons (Fsp3) is 0.833. The molecule has 0 radical (unpaired) electrons. The van der Waals surface area contributed by atoms with Crippen LogP contribution in [0.2, 0.25) is 0 Å². The number of ether oxygens (including phenoxy) is 1. The standard InChI is InChI=1S/C42H78NO10P/c1-3-5-7-9-11-13-15-17-18-19-20-21-22-24-26-28-30-32-34-41(46)51-35-38(44)36-52-54(49,50)53-37-39(42(47)48)43-40(45)33-31-29-27-25-23-16-14-12-10-8-6-4-2/h12,14,18-19,38-39,44H,3-11,13,15-17,20-37H2,1-2H3,(H,43,45)(H,47,48)(H,49,50)/b14-12-,19-18-. The van der Waals surface area contributed by atoms with Crippen molar-refractivity contribution in [1.82, 2.24) is 5.32 Å². The molecule has 0 heterocycles. The van der Waals surface area contributed by atoms with Gasteiger partial charge >= 0.3 is 19.8 Å². The summed E-state index contributed by atoms with van der Waals surface area (Å²) in [5.41, 5.74) is 0. The zero-order valence-electron chi connectivity index (χ0n) is 34.0. The number of carboxylic acid groups (broad SMARTS) is 1. The molecular weight excluding hydrogens is 709 g/mol. The molecule has 0 aromatic heterocycles. The molecule has 3 atom stereocenters. The zero-order chi connectivity index (χ0) is 40.0. The second-order valence-corrected chi connectivity index (χ2v) is 16.0. The van der Waals surface area contributed by atoms with E-state index >= 15 is 0 Å². The van der Waals surface area contributed by atoms with E-state index < -0.39 is 57.6 Å². The van der Waals surface area contributed by atoms with E-state index in [9.17, 15) is 34.1 Å². The zero-order valence-corrected chi connectivity index (χ0v) is 34.9. The molecule has 3 unspecified atom stereocenters. The number of phosphoric acid groups is 1. The molecule has 0 aliphatic heterocycles. The number of allylic oxidation sites excluding steroid dienone is 4. The Hall–Kier alpha value is -2.04. The fourth-order valence-electron chi connectivity index (χ4n) is 5.83. The first-order chi connectivity index (χ1) is 26.1. The summed E-state index contributed by atoms with van der Waals surface area (Å²) in [6.45, 7) is 2.55. The van der Waals surface area contributed by atoms with Crippen LogP contribution in [-0.4, -0.2) is 64.9 Å². The summed E-state index contributed by atoms with van der Waals surface area (Å²) in [7, 11) is -4.75. The van der Waals surface area contributed by atoms with Gasteiger partial charge < -0.3 is 25.2 Å². The van der Waals surface area contributed by atoms with Gasteiger partial charge in [-0.25, -0.2) is 9.36 Å². The third-order valence-corrected chi connectivity index (χ3v) is 10.2. The molecule has 1 amide bonds. The number of hydrogen-bond donors (Lipinski definition) is 4. The molecule has 0 saturated heterocycles. The summed E-state index contributed by atoms with van der Waals surface area (Å²) < 4.78 is 26.8. The Morgan fingerprint density at radius 1 is 0.574 bits per heavy atom. The topological polar surface area (TPSA) is 169 Å². The molecule has 0 bridgehead atoms. The Labute approximate surface area is 328 Å². The summed E-state index contributed by atoms with van der Waals surface area (Å²) in [6, 6.07) is -1.55. The number of carbonyl (C=O) groups is 3. The molecule has 11 nitrogen and oxygen atoms in total. The number of aliphatic hydroxyl groups is 1. The molecule has 316 valence electrons. The van der Waals surface area contributed by atoms with E-state index in [4.69, 9.17) is 13.8 Å². The Morgan fingerprint density at radius 3 is 1.44 bits per heavy atom. The minimum atomic E-state index is -4.75. The first kappa shape index (κ1) is 52.0. The van der Waals surface area contributed by atoms with Crippen LogP contribution in [0.3, 0.4) is 0 Å². The van der Waals surface area contributed by atoms with Crippen molar-refractivity contribution in [3.63, 3.8) is 0 Å². The van der Waals surface area contributed by atoms with Crippen molar-refractivity contribution in [3.8, 4) is 0 Å². The van der Waals surface area contributed by atoms with Crippen LogP contribution in [0.15, 0.2) is 24.3 Å². The molecular formula is C42H78NO10P. The van der Waals surface area contributed by atoms with Gasteiger partial charge in [0.1, 0.15) is 12.7 Å². The molecule has 0 saturated carbocycles. The number of aliphatic carboxylic acids is 1. The molecule has 0 aliphatic carbocycles. The lowest BCUT2D eigenvalue weighted by Gasteiger charge is -2.18. The predicted octanol–water partition coefficient (Wildman–Crippen LogP) is 10.7. The first-order valence-electron chi connectivity index (χ1n) is 21.4. The average Bonchev–Trinajstić information content (AvgIpc) is 3.14. The minimum Gasteiger partial charge on any atom is -0.480 e. The van der Waals surface area contributed by atoms with Crippen molar-refractivity contribution >= 4 is 25.7 Å². The van der Waals surface area contributed by atoms with Crippen LogP contribution in [0, 0.1) is 0 Å². The van der Waals surface area contributed by atoms with Gasteiger partial charge in [0.05, 0.1) is 13.2 Å². The van der Waals surface area contributed by atoms with Crippen LogP contribution >= 0.6 is 7.82 Å². The molecule has 54 heavy (non-hydrogen) atoms. The van der Waals surface area contributed by atoms with Gasteiger partial charge in [-0.2, -0.15) is 0 Å². The molecule has 0 spiro atoms. The largest absolute Gasteiger partial charge is 0.480 e. The number of unbranched alkanes of at least 4 members (excludes halogenated alkanes) is 22. The third-order valence-electron chi connectivity index (χ3n) is 9.21. The number of carbonyl (C=O) groups excluding carboxylic acids is 2. The quantitative estimate of drug-likeness (QED) is 0.0203. The number of rotatable bonds is 40. The van der Waals surface area contributed by atoms with Gasteiger partial charge in [0, 0.05) is 12.8 Å². The Kier molecular flexibility index (Phi) is 36.4. The molecule has 0 aromatic rings. The SMILES string of the molecule is CCCCC/C=C\CCCCCCCC(=O)NC(COP(=O)(O)OCC(O)COC(=O)CCCCCCCCC/C=C\CCCCCCCCC)C(=O)O. The summed E-state index contributed by atoms with van der Waals surface area (Å²) >= 11 is 0. The highest BCUT2D eigenvalue weighted by atomic mass is 31.2. The smallest absolute Gasteiger partial charge is 0.472 e. The van der Waals surface area contributed by atoms with E-state index in [1.165, 1.54) is 89.9 Å². The minimum absolute atomic E-state index is 0.136. The van der Waals surface area contributed by atoms with E-state index in [0.717, 1.165) is 64.2 Å². The van der Waals surface area contributed by atoms with Gasteiger partial charge in [-0.05, 0) is 64.2 Å². The van der Waals surface area contributed by atoms with Crippen molar-refractivity contribution < 1.29 is 47.8 Å². The molecule has 4 N–H and O–H groups in total. The number of phosphoric ester groups is 1. The second kappa shape index (κ2) is 37.9. The molecule has 0 fully saturated rings. The third kappa shape index (κ3) is 36.9. The van der Waals surface area contributed by atoms with Crippen molar-refractivity contribution in [3.05, 3.63) is 24.3 Å². The van der Waals surface area contributed by atoms with Crippen molar-refractivity contribution in [2.45, 2.75) is 206 Å². The van der Waals surface area contributed by atoms with E-state index in [1.807, 2.05) is 0 Å². The monoisotopic (exact) mass is 788 g/mol. The fourth-order valence-corrected chi connectivity index (χ4v) is 6.61. The predicted molar refractivity (Wildman–Crippen MR) is 217 cm³/mol. The van der Waals surface area contributed by atoms with Crippen LogP contribution in [0.4, 0.5) is 0 Å². The molecule has 0 rings (SSSR count). The maximum atomic E-state index is 12.2. The van der Waals surface area contributed by atoms with Gasteiger partial charge in [0.25, 0.3) is 0 Å². The highest BCUT2D eigenvalue weighted by molar-refractivity contribution is 7.47. The lowest BCUT2D eigenvalue weighted by atomic mass is 10.1. The number of hydrogen-bond acceptors (Lipinski definition) is 8. The van der Waals surface area contributed by atoms with Crippen LogP contribution in [-0.2, 0) is 32.7 Å². The summed E-state index contributed by atoms with van der Waals surface area (Å²) in [6.07, 6.45) is 37.8. The molecule has 12 heteroatoms.